The molecule has 0 radical (unpaired) electrons. The minimum atomic E-state index is -0.0461. The lowest BCUT2D eigenvalue weighted by Crippen LogP contribution is -2.28. The normalized spacial score (nSPS) is 11.1. The Morgan fingerprint density at radius 2 is 1.66 bits per heavy atom. The molecule has 0 saturated heterocycles. The Bertz CT molecular complexity index is 1160. The van der Waals surface area contributed by atoms with E-state index >= 15 is 0 Å². The van der Waals surface area contributed by atoms with E-state index in [1.807, 2.05) is 53.4 Å². The minimum absolute atomic E-state index is 0.0461. The summed E-state index contributed by atoms with van der Waals surface area (Å²) in [5, 5.41) is 0. The van der Waals surface area contributed by atoms with E-state index in [1.54, 1.807) is 30.9 Å². The standard InChI is InChI=1S/C27H26N4O/c1-21-17-25(22(2)31(21)26-8-4-3-5-9-26)10-11-27(32)30(19-23-12-15-28-16-13-23)20-24-7-6-14-29-18-24/h3-18H,19-20H2,1-2H3. The monoisotopic (exact) mass is 422 g/mol. The maximum Gasteiger partial charge on any atom is 0.247 e. The maximum atomic E-state index is 13.2. The lowest BCUT2D eigenvalue weighted by atomic mass is 10.2. The number of benzene rings is 1. The molecular weight excluding hydrogens is 396 g/mol. The zero-order chi connectivity index (χ0) is 22.3. The van der Waals surface area contributed by atoms with Crippen LogP contribution >= 0.6 is 0 Å². The van der Waals surface area contributed by atoms with E-state index in [1.165, 1.54) is 0 Å². The van der Waals surface area contributed by atoms with Crippen molar-refractivity contribution < 1.29 is 4.79 Å². The number of para-hydroxylation sites is 1. The van der Waals surface area contributed by atoms with Crippen LogP contribution in [0.2, 0.25) is 0 Å². The van der Waals surface area contributed by atoms with E-state index in [-0.39, 0.29) is 5.91 Å². The Hall–Kier alpha value is -3.99. The van der Waals surface area contributed by atoms with Crippen molar-refractivity contribution in [3.8, 4) is 5.69 Å². The number of carbonyl (C=O) groups is 1. The molecule has 3 aromatic heterocycles. The number of aromatic nitrogens is 3. The molecule has 0 aliphatic rings. The molecule has 0 unspecified atom stereocenters. The van der Waals surface area contributed by atoms with Crippen molar-refractivity contribution >= 4 is 12.0 Å². The summed E-state index contributed by atoms with van der Waals surface area (Å²) < 4.78 is 2.20. The first-order valence-corrected chi connectivity index (χ1v) is 10.6. The second kappa shape index (κ2) is 9.88. The van der Waals surface area contributed by atoms with Crippen LogP contribution in [-0.4, -0.2) is 25.3 Å². The predicted molar refractivity (Wildman–Crippen MR) is 127 cm³/mol. The summed E-state index contributed by atoms with van der Waals surface area (Å²) >= 11 is 0. The first kappa shape index (κ1) is 21.2. The van der Waals surface area contributed by atoms with Gasteiger partial charge in [-0.2, -0.15) is 0 Å². The molecule has 3 heterocycles. The molecule has 0 fully saturated rings. The number of hydrogen-bond acceptors (Lipinski definition) is 3. The number of carbonyl (C=O) groups excluding carboxylic acids is 1. The minimum Gasteiger partial charge on any atom is -0.330 e. The molecule has 0 bridgehead atoms. The Morgan fingerprint density at radius 1 is 0.906 bits per heavy atom. The van der Waals surface area contributed by atoms with Gasteiger partial charge in [0, 0.05) is 61.0 Å². The summed E-state index contributed by atoms with van der Waals surface area (Å²) in [5.74, 6) is -0.0461. The van der Waals surface area contributed by atoms with Crippen molar-refractivity contribution in [2.75, 3.05) is 0 Å². The van der Waals surface area contributed by atoms with Crippen LogP contribution in [0.25, 0.3) is 11.8 Å². The Balaban J connectivity index is 1.57. The van der Waals surface area contributed by atoms with Gasteiger partial charge in [0.1, 0.15) is 0 Å². The van der Waals surface area contributed by atoms with Crippen molar-refractivity contribution in [2.45, 2.75) is 26.9 Å². The summed E-state index contributed by atoms with van der Waals surface area (Å²) in [6, 6.07) is 20.1. The second-order valence-corrected chi connectivity index (χ2v) is 7.74. The van der Waals surface area contributed by atoms with Crippen LogP contribution in [0.4, 0.5) is 0 Å². The van der Waals surface area contributed by atoms with Crippen molar-refractivity contribution in [3.05, 3.63) is 120 Å². The van der Waals surface area contributed by atoms with Crippen molar-refractivity contribution in [1.82, 2.24) is 19.4 Å². The average Bonchev–Trinajstić information content (AvgIpc) is 3.11. The number of rotatable bonds is 7. The fourth-order valence-electron chi connectivity index (χ4n) is 3.83. The maximum absolute atomic E-state index is 13.2. The van der Waals surface area contributed by atoms with E-state index in [2.05, 4.69) is 46.6 Å². The number of hydrogen-bond donors (Lipinski definition) is 0. The molecule has 32 heavy (non-hydrogen) atoms. The number of pyridine rings is 2. The molecule has 1 amide bonds. The molecule has 0 saturated carbocycles. The highest BCUT2D eigenvalue weighted by Gasteiger charge is 2.14. The summed E-state index contributed by atoms with van der Waals surface area (Å²) in [5.41, 5.74) is 6.41. The van der Waals surface area contributed by atoms with Gasteiger partial charge in [0.05, 0.1) is 0 Å². The van der Waals surface area contributed by atoms with Crippen LogP contribution in [-0.2, 0) is 17.9 Å². The molecule has 4 rings (SSSR count). The topological polar surface area (TPSA) is 51.0 Å². The third-order valence-corrected chi connectivity index (χ3v) is 5.42. The van der Waals surface area contributed by atoms with Gasteiger partial charge in [0.2, 0.25) is 5.91 Å². The molecule has 0 atom stereocenters. The molecule has 160 valence electrons. The Kier molecular flexibility index (Phi) is 6.56. The summed E-state index contributed by atoms with van der Waals surface area (Å²) in [6.07, 6.45) is 10.6. The fraction of sp³-hybridized carbons (Fsp3) is 0.148. The smallest absolute Gasteiger partial charge is 0.247 e. The SMILES string of the molecule is Cc1cc(C=CC(=O)N(Cc2ccncc2)Cc2cccnc2)c(C)n1-c1ccccc1. The van der Waals surface area contributed by atoms with Crippen LogP contribution in [0.3, 0.4) is 0 Å². The van der Waals surface area contributed by atoms with Crippen LogP contribution in [0.5, 0.6) is 0 Å². The van der Waals surface area contributed by atoms with Gasteiger partial charge in [-0.15, -0.1) is 0 Å². The van der Waals surface area contributed by atoms with Crippen LogP contribution in [0, 0.1) is 13.8 Å². The lowest BCUT2D eigenvalue weighted by Gasteiger charge is -2.21. The molecule has 0 aliphatic carbocycles. The van der Waals surface area contributed by atoms with Crippen LogP contribution in [0.1, 0.15) is 28.1 Å². The molecular formula is C27H26N4O. The molecule has 5 nitrogen and oxygen atoms in total. The highest BCUT2D eigenvalue weighted by molar-refractivity contribution is 5.92. The number of nitrogens with zero attached hydrogens (tertiary/aromatic N) is 4. The Labute approximate surface area is 188 Å². The van der Waals surface area contributed by atoms with Gasteiger partial charge in [-0.05, 0) is 73.0 Å². The van der Waals surface area contributed by atoms with Gasteiger partial charge >= 0.3 is 0 Å². The van der Waals surface area contributed by atoms with Crippen LogP contribution < -0.4 is 0 Å². The van der Waals surface area contributed by atoms with E-state index in [0.29, 0.717) is 13.1 Å². The zero-order valence-corrected chi connectivity index (χ0v) is 18.3. The van der Waals surface area contributed by atoms with E-state index < -0.39 is 0 Å². The predicted octanol–water partition coefficient (Wildman–Crippen LogP) is 5.13. The van der Waals surface area contributed by atoms with E-state index in [4.69, 9.17) is 0 Å². The Morgan fingerprint density at radius 3 is 2.38 bits per heavy atom. The fourth-order valence-corrected chi connectivity index (χ4v) is 3.83. The van der Waals surface area contributed by atoms with Crippen molar-refractivity contribution in [2.24, 2.45) is 0 Å². The summed E-state index contributed by atoms with van der Waals surface area (Å²) in [6.45, 7) is 5.15. The molecule has 5 heteroatoms. The summed E-state index contributed by atoms with van der Waals surface area (Å²) in [7, 11) is 0. The molecule has 1 aromatic carbocycles. The first-order chi connectivity index (χ1) is 15.6. The van der Waals surface area contributed by atoms with Crippen molar-refractivity contribution in [3.63, 3.8) is 0 Å². The average molecular weight is 423 g/mol. The van der Waals surface area contributed by atoms with Gasteiger partial charge < -0.3 is 9.47 Å². The molecule has 0 aliphatic heterocycles. The highest BCUT2D eigenvalue weighted by Crippen LogP contribution is 2.22. The van der Waals surface area contributed by atoms with Gasteiger partial charge in [0.15, 0.2) is 0 Å². The van der Waals surface area contributed by atoms with Crippen molar-refractivity contribution in [1.29, 1.82) is 0 Å². The third-order valence-electron chi connectivity index (χ3n) is 5.42. The number of aryl methyl sites for hydroxylation is 1. The largest absolute Gasteiger partial charge is 0.330 e. The zero-order valence-electron chi connectivity index (χ0n) is 18.3. The van der Waals surface area contributed by atoms with Crippen LogP contribution in [0.15, 0.2) is 91.5 Å². The molecule has 0 spiro atoms. The van der Waals surface area contributed by atoms with Gasteiger partial charge in [-0.1, -0.05) is 24.3 Å². The van der Waals surface area contributed by atoms with Gasteiger partial charge in [-0.25, -0.2) is 0 Å². The summed E-state index contributed by atoms with van der Waals surface area (Å²) in [4.78, 5) is 23.3. The quantitative estimate of drug-likeness (QED) is 0.388. The number of amides is 1. The lowest BCUT2D eigenvalue weighted by molar-refractivity contribution is -0.127. The third kappa shape index (κ3) is 5.01. The van der Waals surface area contributed by atoms with Gasteiger partial charge in [0.25, 0.3) is 0 Å². The van der Waals surface area contributed by atoms with Gasteiger partial charge in [-0.3, -0.25) is 14.8 Å². The van der Waals surface area contributed by atoms with E-state index in [0.717, 1.165) is 33.8 Å². The molecule has 0 N–H and O–H groups in total. The second-order valence-electron chi connectivity index (χ2n) is 7.74. The molecule has 4 aromatic rings. The first-order valence-electron chi connectivity index (χ1n) is 10.6. The van der Waals surface area contributed by atoms with E-state index in [9.17, 15) is 4.79 Å². The highest BCUT2D eigenvalue weighted by atomic mass is 16.2.